The molecule has 2 nitrogen and oxygen atoms in total. The summed E-state index contributed by atoms with van der Waals surface area (Å²) in [6.07, 6.45) is 3.26. The quantitative estimate of drug-likeness (QED) is 0.542. The molecule has 0 saturated heterocycles. The summed E-state index contributed by atoms with van der Waals surface area (Å²) in [5, 5.41) is 0. The van der Waals surface area contributed by atoms with E-state index >= 15 is 0 Å². The highest BCUT2D eigenvalue weighted by atomic mass is 16.5. The lowest BCUT2D eigenvalue weighted by atomic mass is 9.69. The van der Waals surface area contributed by atoms with Crippen LogP contribution in [-0.2, 0) is 9.53 Å². The van der Waals surface area contributed by atoms with E-state index in [1.54, 1.807) is 0 Å². The first-order valence-electron chi connectivity index (χ1n) is 6.31. The minimum atomic E-state index is -0.0162. The molecule has 3 unspecified atom stereocenters. The third kappa shape index (κ3) is 2.87. The van der Waals surface area contributed by atoms with Gasteiger partial charge >= 0.3 is 5.97 Å². The van der Waals surface area contributed by atoms with Crippen molar-refractivity contribution in [1.29, 1.82) is 0 Å². The van der Waals surface area contributed by atoms with Crippen LogP contribution in [0.15, 0.2) is 11.6 Å². The summed E-state index contributed by atoms with van der Waals surface area (Å²) in [6, 6.07) is 0. The van der Waals surface area contributed by atoms with Crippen molar-refractivity contribution in [3.8, 4) is 0 Å². The second kappa shape index (κ2) is 5.51. The molecule has 0 aromatic rings. The number of allylic oxidation sites excluding steroid dienone is 2. The average molecular weight is 224 g/mol. The largest absolute Gasteiger partial charge is 0.466 e. The summed E-state index contributed by atoms with van der Waals surface area (Å²) in [5.41, 5.74) is 1.41. The number of rotatable bonds is 3. The van der Waals surface area contributed by atoms with E-state index in [-0.39, 0.29) is 11.9 Å². The molecule has 1 aliphatic rings. The van der Waals surface area contributed by atoms with Crippen molar-refractivity contribution < 1.29 is 9.53 Å². The molecule has 1 aliphatic carbocycles. The molecule has 0 amide bonds. The first-order chi connectivity index (χ1) is 7.47. The van der Waals surface area contributed by atoms with Crippen LogP contribution in [0.2, 0.25) is 0 Å². The lowest BCUT2D eigenvalue weighted by Gasteiger charge is -2.35. The van der Waals surface area contributed by atoms with Gasteiger partial charge in [0, 0.05) is 0 Å². The van der Waals surface area contributed by atoms with Crippen LogP contribution in [0.4, 0.5) is 0 Å². The lowest BCUT2D eigenvalue weighted by Crippen LogP contribution is -2.36. The van der Waals surface area contributed by atoms with E-state index in [4.69, 9.17) is 4.74 Å². The standard InChI is InChI=1S/C14H24O2/c1-6-16-14(15)13-11(5)7-10(4)8-12(13)9(2)3/h7,9,11-13H,6,8H2,1-5H3. The summed E-state index contributed by atoms with van der Waals surface area (Å²) in [5.74, 6) is 1.29. The van der Waals surface area contributed by atoms with Crippen molar-refractivity contribution in [2.45, 2.75) is 41.0 Å². The molecular weight excluding hydrogens is 200 g/mol. The molecule has 92 valence electrons. The van der Waals surface area contributed by atoms with E-state index < -0.39 is 0 Å². The number of ether oxygens (including phenoxy) is 1. The molecule has 0 N–H and O–H groups in total. The molecule has 0 heterocycles. The Hall–Kier alpha value is -0.790. The van der Waals surface area contributed by atoms with E-state index in [1.165, 1.54) is 5.57 Å². The maximum Gasteiger partial charge on any atom is 0.309 e. The number of carbonyl (C=O) groups excluding carboxylic acids is 1. The predicted octanol–water partition coefficient (Wildman–Crippen LogP) is 3.42. The van der Waals surface area contributed by atoms with Gasteiger partial charge in [0.25, 0.3) is 0 Å². The fraction of sp³-hybridized carbons (Fsp3) is 0.786. The van der Waals surface area contributed by atoms with Crippen LogP contribution in [0.3, 0.4) is 0 Å². The Morgan fingerprint density at radius 2 is 2.19 bits per heavy atom. The molecular formula is C14H24O2. The Balaban J connectivity index is 2.88. The Bertz CT molecular complexity index is 278. The Morgan fingerprint density at radius 3 is 2.69 bits per heavy atom. The number of esters is 1. The summed E-state index contributed by atoms with van der Waals surface area (Å²) in [4.78, 5) is 12.0. The normalized spacial score (nSPS) is 30.1. The zero-order valence-corrected chi connectivity index (χ0v) is 11.1. The van der Waals surface area contributed by atoms with Crippen molar-refractivity contribution in [2.24, 2.45) is 23.7 Å². The van der Waals surface area contributed by atoms with Gasteiger partial charge in [0.2, 0.25) is 0 Å². The maximum atomic E-state index is 12.0. The van der Waals surface area contributed by atoms with Gasteiger partial charge in [-0.2, -0.15) is 0 Å². The third-order valence-corrected chi connectivity index (χ3v) is 3.55. The van der Waals surface area contributed by atoms with Crippen molar-refractivity contribution in [2.75, 3.05) is 6.61 Å². The van der Waals surface area contributed by atoms with Crippen LogP contribution in [-0.4, -0.2) is 12.6 Å². The Kier molecular flexibility index (Phi) is 4.57. The number of hydrogen-bond donors (Lipinski definition) is 0. The smallest absolute Gasteiger partial charge is 0.309 e. The Morgan fingerprint density at radius 1 is 1.56 bits per heavy atom. The molecule has 0 fully saturated rings. The minimum Gasteiger partial charge on any atom is -0.466 e. The highest BCUT2D eigenvalue weighted by Gasteiger charge is 2.37. The van der Waals surface area contributed by atoms with Crippen molar-refractivity contribution in [3.63, 3.8) is 0 Å². The molecule has 0 bridgehead atoms. The summed E-state index contributed by atoms with van der Waals surface area (Å²) < 4.78 is 5.20. The molecule has 0 radical (unpaired) electrons. The fourth-order valence-corrected chi connectivity index (χ4v) is 2.79. The highest BCUT2D eigenvalue weighted by molar-refractivity contribution is 5.73. The summed E-state index contributed by atoms with van der Waals surface area (Å²) in [7, 11) is 0. The fourth-order valence-electron chi connectivity index (χ4n) is 2.79. The average Bonchev–Trinajstić information content (AvgIpc) is 2.16. The molecule has 0 aromatic heterocycles. The van der Waals surface area contributed by atoms with Crippen LogP contribution in [0, 0.1) is 23.7 Å². The second-order valence-corrected chi connectivity index (χ2v) is 5.26. The highest BCUT2D eigenvalue weighted by Crippen LogP contribution is 2.38. The van der Waals surface area contributed by atoms with Gasteiger partial charge in [-0.1, -0.05) is 32.4 Å². The van der Waals surface area contributed by atoms with Crippen molar-refractivity contribution in [1.82, 2.24) is 0 Å². The zero-order valence-electron chi connectivity index (χ0n) is 11.1. The van der Waals surface area contributed by atoms with Gasteiger partial charge in [0.1, 0.15) is 0 Å². The molecule has 1 rings (SSSR count). The third-order valence-electron chi connectivity index (χ3n) is 3.55. The van der Waals surface area contributed by atoms with Crippen LogP contribution < -0.4 is 0 Å². The SMILES string of the molecule is CCOC(=O)C1C(C)C=C(C)CC1C(C)C. The number of hydrogen-bond acceptors (Lipinski definition) is 2. The molecule has 0 spiro atoms. The molecule has 0 aliphatic heterocycles. The van der Waals surface area contributed by atoms with Crippen LogP contribution in [0.1, 0.15) is 41.0 Å². The van der Waals surface area contributed by atoms with Crippen LogP contribution in [0.5, 0.6) is 0 Å². The number of carbonyl (C=O) groups is 1. The molecule has 3 atom stereocenters. The Labute approximate surface area is 99.1 Å². The molecule has 0 aromatic carbocycles. The van der Waals surface area contributed by atoms with E-state index in [0.29, 0.717) is 24.4 Å². The predicted molar refractivity (Wildman–Crippen MR) is 66.0 cm³/mol. The van der Waals surface area contributed by atoms with Gasteiger partial charge in [-0.05, 0) is 38.0 Å². The molecule has 0 saturated carbocycles. The zero-order chi connectivity index (χ0) is 12.3. The molecule has 16 heavy (non-hydrogen) atoms. The van der Waals surface area contributed by atoms with E-state index in [0.717, 1.165) is 6.42 Å². The first-order valence-corrected chi connectivity index (χ1v) is 6.31. The maximum absolute atomic E-state index is 12.0. The van der Waals surface area contributed by atoms with Gasteiger partial charge < -0.3 is 4.74 Å². The summed E-state index contributed by atoms with van der Waals surface area (Å²) in [6.45, 7) is 11.0. The second-order valence-electron chi connectivity index (χ2n) is 5.26. The molecule has 2 heteroatoms. The monoisotopic (exact) mass is 224 g/mol. The first kappa shape index (κ1) is 13.3. The van der Waals surface area contributed by atoms with E-state index in [9.17, 15) is 4.79 Å². The van der Waals surface area contributed by atoms with E-state index in [2.05, 4.69) is 33.8 Å². The van der Waals surface area contributed by atoms with Crippen LogP contribution in [0.25, 0.3) is 0 Å². The van der Waals surface area contributed by atoms with Gasteiger partial charge in [0.15, 0.2) is 0 Å². The van der Waals surface area contributed by atoms with E-state index in [1.807, 2.05) is 6.92 Å². The van der Waals surface area contributed by atoms with Gasteiger partial charge in [-0.15, -0.1) is 0 Å². The van der Waals surface area contributed by atoms with Crippen LogP contribution >= 0.6 is 0 Å². The van der Waals surface area contributed by atoms with Crippen molar-refractivity contribution in [3.05, 3.63) is 11.6 Å². The van der Waals surface area contributed by atoms with Crippen molar-refractivity contribution >= 4 is 5.97 Å². The summed E-state index contributed by atoms with van der Waals surface area (Å²) >= 11 is 0. The van der Waals surface area contributed by atoms with Gasteiger partial charge in [-0.3, -0.25) is 4.79 Å². The van der Waals surface area contributed by atoms with Gasteiger partial charge in [-0.25, -0.2) is 0 Å². The topological polar surface area (TPSA) is 26.3 Å². The lowest BCUT2D eigenvalue weighted by molar-refractivity contribution is -0.152. The van der Waals surface area contributed by atoms with Gasteiger partial charge in [0.05, 0.1) is 12.5 Å². The minimum absolute atomic E-state index is 0.0162.